The molecule has 1 heterocycles. The summed E-state index contributed by atoms with van der Waals surface area (Å²) in [6.45, 7) is 2.23. The summed E-state index contributed by atoms with van der Waals surface area (Å²) in [6.07, 6.45) is 8.20. The van der Waals surface area contributed by atoms with Gasteiger partial charge in [0.25, 0.3) is 0 Å². The summed E-state index contributed by atoms with van der Waals surface area (Å²) in [5.74, 6) is 0. The number of unbranched alkanes of at least 4 members (excludes halogenated alkanes) is 3. The predicted molar refractivity (Wildman–Crippen MR) is 71.0 cm³/mol. The highest BCUT2D eigenvalue weighted by atomic mass is 16.7. The first-order valence-electron chi connectivity index (χ1n) is 6.46. The van der Waals surface area contributed by atoms with Crippen LogP contribution in [0.5, 0.6) is 0 Å². The van der Waals surface area contributed by atoms with Crippen molar-refractivity contribution in [2.75, 3.05) is 5.17 Å². The molecule has 0 N–H and O–H groups in total. The fourth-order valence-corrected chi connectivity index (χ4v) is 1.90. The van der Waals surface area contributed by atoms with E-state index in [1.807, 2.05) is 36.5 Å². The van der Waals surface area contributed by atoms with Crippen LogP contribution in [0.15, 0.2) is 35.4 Å². The van der Waals surface area contributed by atoms with Gasteiger partial charge in [-0.1, -0.05) is 50.8 Å². The number of nitrogens with zero attached hydrogens (tertiary/aromatic N) is 2. The summed E-state index contributed by atoms with van der Waals surface area (Å²) < 4.78 is 0. The Bertz CT molecular complexity index is 350. The number of benzene rings is 1. The van der Waals surface area contributed by atoms with Crippen LogP contribution in [0.25, 0.3) is 0 Å². The fraction of sp³-hybridized carbons (Fsp3) is 0.500. The van der Waals surface area contributed by atoms with E-state index in [0.717, 1.165) is 12.1 Å². The van der Waals surface area contributed by atoms with Gasteiger partial charge >= 0.3 is 0 Å². The first-order chi connectivity index (χ1) is 8.40. The van der Waals surface area contributed by atoms with E-state index in [1.165, 1.54) is 25.7 Å². The molecule has 17 heavy (non-hydrogen) atoms. The van der Waals surface area contributed by atoms with Crippen molar-refractivity contribution >= 4 is 11.9 Å². The predicted octanol–water partition coefficient (Wildman–Crippen LogP) is 3.76. The van der Waals surface area contributed by atoms with Gasteiger partial charge in [-0.05, 0) is 18.6 Å². The highest BCUT2D eigenvalue weighted by Crippen LogP contribution is 2.20. The van der Waals surface area contributed by atoms with Crippen LogP contribution in [0.3, 0.4) is 0 Å². The average Bonchev–Trinajstić information content (AvgIpc) is 2.85. The van der Waals surface area contributed by atoms with E-state index < -0.39 is 0 Å². The Labute approximate surface area is 103 Å². The Hall–Kier alpha value is -1.35. The molecule has 1 aromatic rings. The molecule has 2 rings (SSSR count). The van der Waals surface area contributed by atoms with Crippen molar-refractivity contribution in [3.63, 3.8) is 0 Å². The molecule has 1 atom stereocenters. The number of hydrogen-bond acceptors (Lipinski definition) is 3. The molecule has 1 unspecified atom stereocenters. The molecule has 0 saturated heterocycles. The average molecular weight is 232 g/mol. The maximum Gasteiger partial charge on any atom is 0.125 e. The molecule has 0 spiro atoms. The Morgan fingerprint density at radius 1 is 1.18 bits per heavy atom. The summed E-state index contributed by atoms with van der Waals surface area (Å²) in [7, 11) is 0. The molecule has 0 fully saturated rings. The first-order valence-corrected chi connectivity index (χ1v) is 6.46. The Morgan fingerprint density at radius 3 is 2.76 bits per heavy atom. The molecule has 1 aromatic carbocycles. The van der Waals surface area contributed by atoms with Crippen molar-refractivity contribution in [2.24, 2.45) is 5.10 Å². The van der Waals surface area contributed by atoms with Crippen LogP contribution in [-0.4, -0.2) is 12.3 Å². The third kappa shape index (κ3) is 3.56. The van der Waals surface area contributed by atoms with E-state index >= 15 is 0 Å². The van der Waals surface area contributed by atoms with Crippen LogP contribution in [0.1, 0.15) is 39.0 Å². The van der Waals surface area contributed by atoms with Crippen LogP contribution < -0.4 is 5.17 Å². The lowest BCUT2D eigenvalue weighted by Crippen LogP contribution is -2.17. The molecule has 1 aliphatic heterocycles. The van der Waals surface area contributed by atoms with Gasteiger partial charge in [0.2, 0.25) is 0 Å². The zero-order valence-corrected chi connectivity index (χ0v) is 10.4. The second-order valence-electron chi connectivity index (χ2n) is 4.37. The third-order valence-corrected chi connectivity index (χ3v) is 2.89. The topological polar surface area (TPSA) is 24.8 Å². The molecule has 0 aromatic heterocycles. The number of anilines is 1. The summed E-state index contributed by atoms with van der Waals surface area (Å²) in [5.41, 5.74) is 0.986. The quantitative estimate of drug-likeness (QED) is 0.697. The number of para-hydroxylation sites is 1. The van der Waals surface area contributed by atoms with Crippen LogP contribution in [-0.2, 0) is 4.84 Å². The zero-order chi connectivity index (χ0) is 11.9. The summed E-state index contributed by atoms with van der Waals surface area (Å²) in [6, 6.07) is 9.96. The van der Waals surface area contributed by atoms with E-state index in [-0.39, 0.29) is 6.10 Å². The van der Waals surface area contributed by atoms with Gasteiger partial charge in [0.1, 0.15) is 6.10 Å². The second kappa shape index (κ2) is 6.40. The maximum absolute atomic E-state index is 5.74. The zero-order valence-electron chi connectivity index (χ0n) is 10.4. The van der Waals surface area contributed by atoms with Gasteiger partial charge in [-0.2, -0.15) is 5.10 Å². The SMILES string of the molecule is CCCCCCC1C=NN(c2ccccc2)O1. The number of hydrazone groups is 1. The fourth-order valence-electron chi connectivity index (χ4n) is 1.90. The van der Waals surface area contributed by atoms with E-state index in [4.69, 9.17) is 4.84 Å². The van der Waals surface area contributed by atoms with E-state index in [9.17, 15) is 0 Å². The molecule has 0 amide bonds. The van der Waals surface area contributed by atoms with Crippen molar-refractivity contribution < 1.29 is 4.84 Å². The van der Waals surface area contributed by atoms with Crippen LogP contribution in [0, 0.1) is 0 Å². The summed E-state index contributed by atoms with van der Waals surface area (Å²) in [4.78, 5) is 5.74. The molecule has 0 bridgehead atoms. The van der Waals surface area contributed by atoms with E-state index in [1.54, 1.807) is 5.17 Å². The Morgan fingerprint density at radius 2 is 2.00 bits per heavy atom. The van der Waals surface area contributed by atoms with Gasteiger partial charge in [-0.15, -0.1) is 5.17 Å². The maximum atomic E-state index is 5.74. The molecule has 3 heteroatoms. The molecule has 92 valence electrons. The van der Waals surface area contributed by atoms with E-state index in [2.05, 4.69) is 12.0 Å². The minimum Gasteiger partial charge on any atom is -0.243 e. The summed E-state index contributed by atoms with van der Waals surface area (Å²) in [5, 5.41) is 5.89. The Kier molecular flexibility index (Phi) is 4.56. The molecule has 0 aliphatic carbocycles. The minimum atomic E-state index is 0.145. The largest absolute Gasteiger partial charge is 0.243 e. The number of hydrogen-bond donors (Lipinski definition) is 0. The molecular formula is C14H20N2O. The summed E-state index contributed by atoms with van der Waals surface area (Å²) >= 11 is 0. The third-order valence-electron chi connectivity index (χ3n) is 2.89. The normalized spacial score (nSPS) is 18.9. The van der Waals surface area contributed by atoms with Crippen molar-refractivity contribution in [1.29, 1.82) is 0 Å². The second-order valence-corrected chi connectivity index (χ2v) is 4.37. The molecular weight excluding hydrogens is 212 g/mol. The number of rotatable bonds is 6. The monoisotopic (exact) mass is 232 g/mol. The van der Waals surface area contributed by atoms with Gasteiger partial charge in [0.05, 0.1) is 11.9 Å². The lowest BCUT2D eigenvalue weighted by Gasteiger charge is -2.15. The lowest BCUT2D eigenvalue weighted by molar-refractivity contribution is 0.0911. The standard InChI is InChI=1S/C14H20N2O/c1-2-3-4-8-11-14-12-15-16(17-14)13-9-6-5-7-10-13/h5-7,9-10,12,14H,2-4,8,11H2,1H3. The van der Waals surface area contributed by atoms with Gasteiger partial charge in [0, 0.05) is 0 Å². The van der Waals surface area contributed by atoms with Gasteiger partial charge in [0.15, 0.2) is 0 Å². The van der Waals surface area contributed by atoms with Crippen molar-refractivity contribution in [3.05, 3.63) is 30.3 Å². The van der Waals surface area contributed by atoms with Crippen LogP contribution >= 0.6 is 0 Å². The van der Waals surface area contributed by atoms with Crippen molar-refractivity contribution in [3.8, 4) is 0 Å². The van der Waals surface area contributed by atoms with Gasteiger partial charge in [-0.25, -0.2) is 4.84 Å². The minimum absolute atomic E-state index is 0.145. The smallest absolute Gasteiger partial charge is 0.125 e. The Balaban J connectivity index is 1.75. The van der Waals surface area contributed by atoms with Crippen LogP contribution in [0.4, 0.5) is 5.69 Å². The molecule has 1 aliphatic rings. The first kappa shape index (κ1) is 12.1. The van der Waals surface area contributed by atoms with E-state index in [0.29, 0.717) is 0 Å². The lowest BCUT2D eigenvalue weighted by atomic mass is 10.1. The van der Waals surface area contributed by atoms with Crippen molar-refractivity contribution in [1.82, 2.24) is 0 Å². The van der Waals surface area contributed by atoms with Gasteiger partial charge < -0.3 is 0 Å². The highest BCUT2D eigenvalue weighted by Gasteiger charge is 2.19. The molecule has 0 radical (unpaired) electrons. The molecule has 3 nitrogen and oxygen atoms in total. The highest BCUT2D eigenvalue weighted by molar-refractivity contribution is 5.67. The molecule has 0 saturated carbocycles. The van der Waals surface area contributed by atoms with Crippen molar-refractivity contribution in [2.45, 2.75) is 45.1 Å². The van der Waals surface area contributed by atoms with Crippen LogP contribution in [0.2, 0.25) is 0 Å². The van der Waals surface area contributed by atoms with Gasteiger partial charge in [-0.3, -0.25) is 0 Å².